The minimum atomic E-state index is -0.710. The van der Waals surface area contributed by atoms with Gasteiger partial charge in [-0.15, -0.1) is 0 Å². The molecule has 4 aromatic rings. The number of rotatable bonds is 7. The van der Waals surface area contributed by atoms with Crippen LogP contribution in [0.3, 0.4) is 0 Å². The third-order valence-corrected chi connectivity index (χ3v) is 7.06. The Morgan fingerprint density at radius 3 is 2.17 bits per heavy atom. The molecule has 1 fully saturated rings. The van der Waals surface area contributed by atoms with Crippen molar-refractivity contribution in [2.75, 3.05) is 4.90 Å². The minimum Gasteiger partial charge on any atom is -0.507 e. The van der Waals surface area contributed by atoms with Crippen molar-refractivity contribution in [2.45, 2.75) is 25.0 Å². The monoisotopic (exact) mass is 499 g/mol. The van der Waals surface area contributed by atoms with E-state index in [1.165, 1.54) is 0 Å². The second-order valence-corrected chi connectivity index (χ2v) is 9.47. The van der Waals surface area contributed by atoms with Crippen LogP contribution in [0.5, 0.6) is 11.5 Å². The molecule has 0 spiro atoms. The number of hydrogen-bond acceptors (Lipinski definition) is 4. The number of benzene rings is 4. The van der Waals surface area contributed by atoms with Crippen molar-refractivity contribution in [2.24, 2.45) is 5.92 Å². The number of carbonyl (C=O) groups is 1. The molecule has 5 rings (SSSR count). The van der Waals surface area contributed by atoms with E-state index in [1.807, 2.05) is 36.4 Å². The average Bonchev–Trinajstić information content (AvgIpc) is 2.88. The number of nitrogens with zero attached hydrogens (tertiary/aromatic N) is 1. The predicted octanol–water partition coefficient (Wildman–Crippen LogP) is 6.64. The van der Waals surface area contributed by atoms with Gasteiger partial charge in [0.15, 0.2) is 0 Å². The Hall–Kier alpha value is -3.80. The van der Waals surface area contributed by atoms with E-state index >= 15 is 0 Å². The third-order valence-electron chi connectivity index (χ3n) is 6.81. The van der Waals surface area contributed by atoms with Gasteiger partial charge >= 0.3 is 0 Å². The first-order valence-corrected chi connectivity index (χ1v) is 12.2. The molecule has 1 saturated heterocycles. The third kappa shape index (κ3) is 4.55. The van der Waals surface area contributed by atoms with Crippen LogP contribution in [0.1, 0.15) is 36.1 Å². The summed E-state index contributed by atoms with van der Waals surface area (Å²) in [5.41, 5.74) is 3.39. The van der Waals surface area contributed by atoms with E-state index in [4.69, 9.17) is 11.6 Å². The molecule has 1 aliphatic rings. The highest BCUT2D eigenvalue weighted by Crippen LogP contribution is 2.48. The van der Waals surface area contributed by atoms with Gasteiger partial charge in [-0.1, -0.05) is 72.3 Å². The Bertz CT molecular complexity index is 1370. The van der Waals surface area contributed by atoms with Crippen LogP contribution in [0.25, 0.3) is 11.1 Å². The Morgan fingerprint density at radius 2 is 1.47 bits per heavy atom. The highest BCUT2D eigenvalue weighted by atomic mass is 35.5. The van der Waals surface area contributed by atoms with Gasteiger partial charge in [-0.2, -0.15) is 0 Å². The molecule has 182 valence electrons. The van der Waals surface area contributed by atoms with Crippen LogP contribution in [0.15, 0.2) is 97.1 Å². The molecule has 0 aliphatic carbocycles. The van der Waals surface area contributed by atoms with E-state index in [-0.39, 0.29) is 29.4 Å². The topological polar surface area (TPSA) is 81.0 Å². The first-order chi connectivity index (χ1) is 17.4. The van der Waals surface area contributed by atoms with Gasteiger partial charge in [-0.3, -0.25) is 4.79 Å². The summed E-state index contributed by atoms with van der Waals surface area (Å²) in [6.45, 7) is 0. The Balaban J connectivity index is 1.43. The highest BCUT2D eigenvalue weighted by molar-refractivity contribution is 6.30. The van der Waals surface area contributed by atoms with Crippen molar-refractivity contribution in [1.82, 2.24) is 0 Å². The molecular formula is C30H26ClNO4. The molecule has 5 nitrogen and oxygen atoms in total. The number of halogens is 1. The molecule has 0 unspecified atom stereocenters. The maximum atomic E-state index is 13.3. The number of hydrogen-bond donors (Lipinski definition) is 3. The molecule has 0 aromatic heterocycles. The van der Waals surface area contributed by atoms with E-state index in [1.54, 1.807) is 65.6 Å². The average molecular weight is 500 g/mol. The number of aliphatic hydroxyl groups is 1. The number of β-lactam (4-membered cyclic amide) rings is 1. The number of amides is 1. The van der Waals surface area contributed by atoms with Gasteiger partial charge in [-0.05, 0) is 60.4 Å². The molecular weight excluding hydrogens is 474 g/mol. The molecule has 3 N–H and O–H groups in total. The maximum Gasteiger partial charge on any atom is 0.233 e. The van der Waals surface area contributed by atoms with Crippen molar-refractivity contribution >= 4 is 23.2 Å². The summed E-state index contributed by atoms with van der Waals surface area (Å²) in [5, 5.41) is 32.4. The molecule has 36 heavy (non-hydrogen) atoms. The second-order valence-electron chi connectivity index (χ2n) is 9.03. The number of aliphatic hydroxyl groups excluding tert-OH is 1. The van der Waals surface area contributed by atoms with Crippen molar-refractivity contribution in [3.05, 3.63) is 113 Å². The van der Waals surface area contributed by atoms with Gasteiger partial charge in [0.2, 0.25) is 5.91 Å². The van der Waals surface area contributed by atoms with Gasteiger partial charge in [0.05, 0.1) is 18.1 Å². The summed E-state index contributed by atoms with van der Waals surface area (Å²) in [6, 6.07) is 28.4. The lowest BCUT2D eigenvalue weighted by atomic mass is 9.78. The van der Waals surface area contributed by atoms with Crippen molar-refractivity contribution in [3.63, 3.8) is 0 Å². The molecule has 1 amide bonds. The number of carbonyl (C=O) groups excluding carboxylic acids is 1. The smallest absolute Gasteiger partial charge is 0.233 e. The van der Waals surface area contributed by atoms with Crippen molar-refractivity contribution in [3.8, 4) is 22.6 Å². The van der Waals surface area contributed by atoms with E-state index < -0.39 is 6.10 Å². The minimum absolute atomic E-state index is 0.0150. The predicted molar refractivity (Wildman–Crippen MR) is 141 cm³/mol. The van der Waals surface area contributed by atoms with Gasteiger partial charge in [0.1, 0.15) is 11.5 Å². The molecule has 1 heterocycles. The van der Waals surface area contributed by atoms with Crippen LogP contribution in [0.4, 0.5) is 5.69 Å². The molecule has 0 saturated carbocycles. The van der Waals surface area contributed by atoms with Crippen LogP contribution < -0.4 is 4.90 Å². The first-order valence-electron chi connectivity index (χ1n) is 11.9. The molecule has 3 atom stereocenters. The first kappa shape index (κ1) is 23.9. The number of phenols is 2. The summed E-state index contributed by atoms with van der Waals surface area (Å²) < 4.78 is 0. The molecule has 4 aromatic carbocycles. The van der Waals surface area contributed by atoms with Crippen molar-refractivity contribution < 1.29 is 20.1 Å². The molecule has 0 radical (unpaired) electrons. The lowest BCUT2D eigenvalue weighted by Gasteiger charge is -2.48. The van der Waals surface area contributed by atoms with Crippen LogP contribution in [0, 0.1) is 5.92 Å². The zero-order chi connectivity index (χ0) is 25.2. The van der Waals surface area contributed by atoms with Crippen LogP contribution >= 0.6 is 11.6 Å². The van der Waals surface area contributed by atoms with E-state index in [2.05, 4.69) is 0 Å². The Morgan fingerprint density at radius 1 is 0.806 bits per heavy atom. The van der Waals surface area contributed by atoms with Gasteiger partial charge in [0, 0.05) is 21.8 Å². The van der Waals surface area contributed by atoms with Crippen LogP contribution in [0.2, 0.25) is 5.02 Å². The van der Waals surface area contributed by atoms with E-state index in [0.29, 0.717) is 29.0 Å². The summed E-state index contributed by atoms with van der Waals surface area (Å²) in [4.78, 5) is 15.0. The lowest BCUT2D eigenvalue weighted by Crippen LogP contribution is -2.55. The molecule has 0 bridgehead atoms. The summed E-state index contributed by atoms with van der Waals surface area (Å²) in [5.74, 6) is -0.248. The van der Waals surface area contributed by atoms with E-state index in [0.717, 1.165) is 16.8 Å². The second kappa shape index (κ2) is 10.1. The Labute approximate surface area is 214 Å². The van der Waals surface area contributed by atoms with Crippen molar-refractivity contribution in [1.29, 1.82) is 0 Å². The SMILES string of the molecule is O=C1[C@H](CC[C@H](O)c2ccc(Cl)cc2)[C@@H](c2ccc(-c3ccccc3O)c(O)c2)N1c1ccccc1. The van der Waals surface area contributed by atoms with Gasteiger partial charge < -0.3 is 20.2 Å². The van der Waals surface area contributed by atoms with Gasteiger partial charge in [-0.25, -0.2) is 0 Å². The zero-order valence-corrected chi connectivity index (χ0v) is 20.2. The van der Waals surface area contributed by atoms with E-state index in [9.17, 15) is 20.1 Å². The lowest BCUT2D eigenvalue weighted by molar-refractivity contribution is -0.131. The Kier molecular flexibility index (Phi) is 6.68. The molecule has 6 heteroatoms. The summed E-state index contributed by atoms with van der Waals surface area (Å²) >= 11 is 5.96. The normalized spacial score (nSPS) is 18.1. The fraction of sp³-hybridized carbons (Fsp3) is 0.167. The number of para-hydroxylation sites is 2. The number of anilines is 1. The molecule has 1 aliphatic heterocycles. The zero-order valence-electron chi connectivity index (χ0n) is 19.5. The highest BCUT2D eigenvalue weighted by Gasteiger charge is 2.48. The van der Waals surface area contributed by atoms with Crippen LogP contribution in [-0.4, -0.2) is 21.2 Å². The largest absolute Gasteiger partial charge is 0.507 e. The fourth-order valence-corrected chi connectivity index (χ4v) is 5.06. The quantitative estimate of drug-likeness (QED) is 0.249. The maximum absolute atomic E-state index is 13.3. The summed E-state index contributed by atoms with van der Waals surface area (Å²) in [7, 11) is 0. The summed E-state index contributed by atoms with van der Waals surface area (Å²) in [6.07, 6.45) is 0.191. The van der Waals surface area contributed by atoms with Gasteiger partial charge in [0.25, 0.3) is 0 Å². The standard InChI is InChI=1S/C30H26ClNO4/c31-21-13-10-19(11-14-21)26(33)17-16-25-29(32(30(25)36)22-6-2-1-3-7-22)20-12-15-24(28(35)18-20)23-8-4-5-9-27(23)34/h1-15,18,25-26,29,33-35H,16-17H2/t25-,26+,29-/m1/s1. The van der Waals surface area contributed by atoms with Crippen LogP contribution in [-0.2, 0) is 4.79 Å². The number of aromatic hydroxyl groups is 2. The fourth-order valence-electron chi connectivity index (χ4n) is 4.94. The number of phenolic OH excluding ortho intramolecular Hbond substituents is 2.